The fraction of sp³-hybridized carbons (Fsp3) is 0.250. The summed E-state index contributed by atoms with van der Waals surface area (Å²) >= 11 is 0. The molecule has 0 unspecified atom stereocenters. The highest BCUT2D eigenvalue weighted by Crippen LogP contribution is 2.29. The maximum atomic E-state index is 12.3. The molecule has 0 aliphatic rings. The van der Waals surface area contributed by atoms with Crippen LogP contribution in [0, 0.1) is 0 Å². The Labute approximate surface area is 176 Å². The zero-order valence-electron chi connectivity index (χ0n) is 16.6. The number of hydrogen-bond donors (Lipinski definition) is 5. The maximum Gasteiger partial charge on any atom is 0.326 e. The van der Waals surface area contributed by atoms with E-state index < -0.39 is 23.9 Å². The first-order valence-corrected chi connectivity index (χ1v) is 9.30. The van der Waals surface area contributed by atoms with Crippen molar-refractivity contribution in [3.05, 3.63) is 47.2 Å². The van der Waals surface area contributed by atoms with Gasteiger partial charge >= 0.3 is 11.9 Å². The molecule has 0 bridgehead atoms. The lowest BCUT2D eigenvalue weighted by molar-refractivity contribution is -0.140. The molecular formula is C20H21N5O6. The lowest BCUT2D eigenvalue weighted by atomic mass is 10.0. The second-order valence-corrected chi connectivity index (χ2v) is 7.04. The molecule has 0 saturated heterocycles. The summed E-state index contributed by atoms with van der Waals surface area (Å²) in [6.07, 6.45) is 1.64. The van der Waals surface area contributed by atoms with E-state index in [4.69, 9.17) is 10.8 Å². The van der Waals surface area contributed by atoms with Crippen molar-refractivity contribution in [3.8, 4) is 5.88 Å². The van der Waals surface area contributed by atoms with Gasteiger partial charge in [-0.05, 0) is 36.1 Å². The highest BCUT2D eigenvalue weighted by Gasteiger charge is 2.22. The molecule has 11 nitrogen and oxygen atoms in total. The van der Waals surface area contributed by atoms with Crippen molar-refractivity contribution in [1.82, 2.24) is 19.9 Å². The summed E-state index contributed by atoms with van der Waals surface area (Å²) in [6.45, 7) is 0. The largest absolute Gasteiger partial charge is 0.493 e. The van der Waals surface area contributed by atoms with Gasteiger partial charge in [0.1, 0.15) is 11.7 Å². The van der Waals surface area contributed by atoms with Crippen molar-refractivity contribution in [2.45, 2.75) is 25.3 Å². The first-order chi connectivity index (χ1) is 14.7. The molecule has 0 aliphatic carbocycles. The minimum absolute atomic E-state index is 0.0314. The number of benzene rings is 1. The van der Waals surface area contributed by atoms with Crippen molar-refractivity contribution in [2.75, 3.05) is 5.73 Å². The first-order valence-electron chi connectivity index (χ1n) is 9.30. The minimum Gasteiger partial charge on any atom is -0.493 e. The number of nitrogen functional groups attached to an aromatic ring is 1. The number of fused-ring (bicyclic) bond motifs is 1. The third-order valence-corrected chi connectivity index (χ3v) is 4.75. The molecule has 31 heavy (non-hydrogen) atoms. The molecule has 2 aromatic heterocycles. The molecule has 0 radical (unpaired) electrons. The molecule has 0 fully saturated rings. The third-order valence-electron chi connectivity index (χ3n) is 4.75. The van der Waals surface area contributed by atoms with Gasteiger partial charge in [0.2, 0.25) is 11.8 Å². The van der Waals surface area contributed by atoms with E-state index >= 15 is 0 Å². The Hall–Kier alpha value is -4.15. The lowest BCUT2D eigenvalue weighted by Crippen LogP contribution is -2.41. The third kappa shape index (κ3) is 4.89. The van der Waals surface area contributed by atoms with Gasteiger partial charge in [-0.15, -0.1) is 0 Å². The Morgan fingerprint density at radius 2 is 1.84 bits per heavy atom. The van der Waals surface area contributed by atoms with E-state index in [1.54, 1.807) is 42.1 Å². The number of nitrogens with one attached hydrogen (secondary N) is 1. The lowest BCUT2D eigenvalue weighted by Gasteiger charge is -2.13. The van der Waals surface area contributed by atoms with Gasteiger partial charge in [-0.1, -0.05) is 12.1 Å². The van der Waals surface area contributed by atoms with E-state index in [1.165, 1.54) is 0 Å². The molecule has 1 amide bonds. The second kappa shape index (κ2) is 8.69. The fourth-order valence-corrected chi connectivity index (χ4v) is 3.25. The number of aromatic hydroxyl groups is 1. The number of amides is 1. The van der Waals surface area contributed by atoms with Crippen molar-refractivity contribution < 1.29 is 29.7 Å². The van der Waals surface area contributed by atoms with Gasteiger partial charge in [0.15, 0.2) is 0 Å². The Balaban J connectivity index is 1.75. The standard InChI is InChI=1S/C20H21N5O6/c1-25-9-12(15-16(25)23-20(21)24-18(15)29)8-10-2-4-11(5-3-10)17(28)22-13(19(30)31)6-7-14(26)27/h2-5,9,13H,6-8H2,1H3,(H,22,28)(H,26,27)(H,30,31)(H3,21,23,24,29)/t13-/m0/s1. The van der Waals surface area contributed by atoms with Crippen molar-refractivity contribution in [2.24, 2.45) is 7.05 Å². The molecule has 0 saturated carbocycles. The average Bonchev–Trinajstić information content (AvgIpc) is 3.00. The van der Waals surface area contributed by atoms with Crippen LogP contribution in [-0.4, -0.2) is 53.7 Å². The number of carboxylic acid groups (broad SMARTS) is 2. The van der Waals surface area contributed by atoms with Crippen LogP contribution in [0.25, 0.3) is 11.0 Å². The molecule has 6 N–H and O–H groups in total. The van der Waals surface area contributed by atoms with Crippen LogP contribution >= 0.6 is 0 Å². The van der Waals surface area contributed by atoms with E-state index in [9.17, 15) is 24.6 Å². The monoisotopic (exact) mass is 427 g/mol. The number of carbonyl (C=O) groups excluding carboxylic acids is 1. The normalized spacial score (nSPS) is 11.9. The summed E-state index contributed by atoms with van der Waals surface area (Å²) in [5, 5.41) is 30.9. The van der Waals surface area contributed by atoms with Crippen LogP contribution in [0.2, 0.25) is 0 Å². The molecule has 0 aliphatic heterocycles. The SMILES string of the molecule is Cn1cc(Cc2ccc(C(=O)N[C@@H](CCC(=O)O)C(=O)O)cc2)c2c(O)nc(N)nc21. The number of nitrogens with zero attached hydrogens (tertiary/aromatic N) is 3. The molecule has 2 heterocycles. The Kier molecular flexibility index (Phi) is 6.05. The van der Waals surface area contributed by atoms with Gasteiger partial charge in [0.05, 0.1) is 5.39 Å². The molecule has 11 heteroatoms. The van der Waals surface area contributed by atoms with Gasteiger partial charge in [0, 0.05) is 25.2 Å². The number of aromatic nitrogens is 3. The van der Waals surface area contributed by atoms with Gasteiger partial charge < -0.3 is 30.9 Å². The highest BCUT2D eigenvalue weighted by atomic mass is 16.4. The number of nitrogens with two attached hydrogens (primary N) is 1. The van der Waals surface area contributed by atoms with Crippen LogP contribution in [0.3, 0.4) is 0 Å². The molecule has 3 rings (SSSR count). The number of hydrogen-bond acceptors (Lipinski definition) is 7. The zero-order chi connectivity index (χ0) is 22.7. The number of rotatable bonds is 8. The van der Waals surface area contributed by atoms with Crippen LogP contribution in [0.1, 0.15) is 34.3 Å². The number of carbonyl (C=O) groups is 3. The number of aliphatic carboxylic acids is 2. The number of carboxylic acids is 2. The molecular weight excluding hydrogens is 406 g/mol. The summed E-state index contributed by atoms with van der Waals surface area (Å²) in [7, 11) is 1.77. The Morgan fingerprint density at radius 3 is 2.45 bits per heavy atom. The quantitative estimate of drug-likeness (QED) is 0.349. The van der Waals surface area contributed by atoms with Crippen LogP contribution in [0.4, 0.5) is 5.95 Å². The molecule has 1 aromatic carbocycles. The van der Waals surface area contributed by atoms with Crippen LogP contribution in [0.15, 0.2) is 30.5 Å². The first kappa shape index (κ1) is 21.6. The summed E-state index contributed by atoms with van der Waals surface area (Å²) < 4.78 is 1.73. The topological polar surface area (TPSA) is 181 Å². The summed E-state index contributed by atoms with van der Waals surface area (Å²) in [5.41, 5.74) is 7.93. The molecule has 0 spiro atoms. The smallest absolute Gasteiger partial charge is 0.326 e. The maximum absolute atomic E-state index is 12.3. The van der Waals surface area contributed by atoms with Crippen molar-refractivity contribution in [1.29, 1.82) is 0 Å². The summed E-state index contributed by atoms with van der Waals surface area (Å²) in [5.74, 6) is -3.30. The predicted molar refractivity (Wildman–Crippen MR) is 110 cm³/mol. The van der Waals surface area contributed by atoms with E-state index in [2.05, 4.69) is 15.3 Å². The zero-order valence-corrected chi connectivity index (χ0v) is 16.6. The van der Waals surface area contributed by atoms with Crippen LogP contribution in [0.5, 0.6) is 5.88 Å². The van der Waals surface area contributed by atoms with Crippen molar-refractivity contribution >= 4 is 34.8 Å². The van der Waals surface area contributed by atoms with Gasteiger partial charge in [-0.25, -0.2) is 4.79 Å². The summed E-state index contributed by atoms with van der Waals surface area (Å²) in [6, 6.07) is 5.20. The summed E-state index contributed by atoms with van der Waals surface area (Å²) in [4.78, 5) is 42.2. The highest BCUT2D eigenvalue weighted by molar-refractivity contribution is 5.96. The van der Waals surface area contributed by atoms with Gasteiger partial charge in [0.25, 0.3) is 5.91 Å². The number of aryl methyl sites for hydroxylation is 1. The molecule has 3 aromatic rings. The van der Waals surface area contributed by atoms with E-state index in [0.717, 1.165) is 11.1 Å². The Morgan fingerprint density at radius 1 is 1.16 bits per heavy atom. The van der Waals surface area contributed by atoms with E-state index in [0.29, 0.717) is 17.5 Å². The van der Waals surface area contributed by atoms with E-state index in [1.807, 2.05) is 0 Å². The van der Waals surface area contributed by atoms with Crippen molar-refractivity contribution in [3.63, 3.8) is 0 Å². The minimum atomic E-state index is -1.30. The predicted octanol–water partition coefficient (Wildman–Crippen LogP) is 0.895. The number of anilines is 1. The average molecular weight is 427 g/mol. The van der Waals surface area contributed by atoms with Crippen LogP contribution in [-0.2, 0) is 23.1 Å². The van der Waals surface area contributed by atoms with E-state index in [-0.39, 0.29) is 30.2 Å². The Bertz CT molecular complexity index is 1160. The van der Waals surface area contributed by atoms with Gasteiger partial charge in [-0.2, -0.15) is 9.97 Å². The molecule has 1 atom stereocenters. The fourth-order valence-electron chi connectivity index (χ4n) is 3.25. The van der Waals surface area contributed by atoms with Crippen LogP contribution < -0.4 is 11.1 Å². The molecule has 162 valence electrons. The second-order valence-electron chi connectivity index (χ2n) is 7.04. The van der Waals surface area contributed by atoms with Gasteiger partial charge in [-0.3, -0.25) is 9.59 Å².